The minimum atomic E-state index is 0.121. The quantitative estimate of drug-likeness (QED) is 0.846. The first-order valence-electron chi connectivity index (χ1n) is 6.67. The van der Waals surface area contributed by atoms with Crippen molar-refractivity contribution < 1.29 is 4.79 Å². The Morgan fingerprint density at radius 3 is 2.63 bits per heavy atom. The van der Waals surface area contributed by atoms with Crippen LogP contribution < -0.4 is 5.32 Å². The maximum absolute atomic E-state index is 11.7. The number of nitrogens with one attached hydrogen (secondary N) is 1. The average Bonchev–Trinajstić information content (AvgIpc) is 2.91. The largest absolute Gasteiger partial charge is 0.354 e. The molecule has 0 radical (unpaired) electrons. The van der Waals surface area contributed by atoms with Crippen molar-refractivity contribution in [2.24, 2.45) is 0 Å². The number of hydrogen-bond acceptors (Lipinski definition) is 1. The predicted molar refractivity (Wildman–Crippen MR) is 76.9 cm³/mol. The molecule has 0 fully saturated rings. The Labute approximate surface area is 114 Å². The SMILES string of the molecule is Cc1ccccc1CCC(=O)NCCn1cccc1. The number of amides is 1. The topological polar surface area (TPSA) is 34.0 Å². The molecule has 3 nitrogen and oxygen atoms in total. The van der Waals surface area contributed by atoms with Gasteiger partial charge in [0.1, 0.15) is 0 Å². The lowest BCUT2D eigenvalue weighted by Gasteiger charge is -2.07. The number of hydrogen-bond donors (Lipinski definition) is 1. The summed E-state index contributed by atoms with van der Waals surface area (Å²) in [6.07, 6.45) is 5.36. The van der Waals surface area contributed by atoms with Crippen molar-refractivity contribution in [3.8, 4) is 0 Å². The minimum Gasteiger partial charge on any atom is -0.354 e. The molecule has 0 aliphatic rings. The van der Waals surface area contributed by atoms with Crippen LogP contribution in [0.25, 0.3) is 0 Å². The summed E-state index contributed by atoms with van der Waals surface area (Å²) in [5.74, 6) is 0.121. The normalized spacial score (nSPS) is 10.4. The van der Waals surface area contributed by atoms with Crippen LogP contribution in [0.1, 0.15) is 17.5 Å². The van der Waals surface area contributed by atoms with Crippen LogP contribution in [0.3, 0.4) is 0 Å². The van der Waals surface area contributed by atoms with Crippen LogP contribution in [0.4, 0.5) is 0 Å². The lowest BCUT2D eigenvalue weighted by atomic mass is 10.0. The van der Waals surface area contributed by atoms with Crippen LogP contribution in [0.5, 0.6) is 0 Å². The third-order valence-electron chi connectivity index (χ3n) is 3.24. The van der Waals surface area contributed by atoms with Gasteiger partial charge in [0, 0.05) is 31.9 Å². The number of aryl methyl sites for hydroxylation is 2. The monoisotopic (exact) mass is 256 g/mol. The Hall–Kier alpha value is -2.03. The molecule has 2 aromatic rings. The first kappa shape index (κ1) is 13.4. The van der Waals surface area contributed by atoms with Crippen molar-refractivity contribution in [1.82, 2.24) is 9.88 Å². The fraction of sp³-hybridized carbons (Fsp3) is 0.312. The zero-order valence-corrected chi connectivity index (χ0v) is 11.3. The average molecular weight is 256 g/mol. The molecule has 19 heavy (non-hydrogen) atoms. The smallest absolute Gasteiger partial charge is 0.220 e. The molecule has 100 valence electrons. The van der Waals surface area contributed by atoms with Gasteiger partial charge in [-0.3, -0.25) is 4.79 Å². The number of nitrogens with zero attached hydrogens (tertiary/aromatic N) is 1. The van der Waals surface area contributed by atoms with Crippen LogP contribution in [0.2, 0.25) is 0 Å². The molecule has 0 saturated carbocycles. The summed E-state index contributed by atoms with van der Waals surface area (Å²) >= 11 is 0. The second-order valence-electron chi connectivity index (χ2n) is 4.70. The highest BCUT2D eigenvalue weighted by Gasteiger charge is 2.03. The van der Waals surface area contributed by atoms with Crippen LogP contribution in [-0.4, -0.2) is 17.0 Å². The summed E-state index contributed by atoms with van der Waals surface area (Å²) < 4.78 is 2.06. The zero-order valence-electron chi connectivity index (χ0n) is 11.3. The Bertz CT molecular complexity index is 517. The van der Waals surface area contributed by atoms with Crippen LogP contribution in [0.15, 0.2) is 48.8 Å². The van der Waals surface area contributed by atoms with Crippen LogP contribution >= 0.6 is 0 Å². The number of aromatic nitrogens is 1. The zero-order chi connectivity index (χ0) is 13.5. The number of carbonyl (C=O) groups excluding carboxylic acids is 1. The van der Waals surface area contributed by atoms with E-state index < -0.39 is 0 Å². The number of carbonyl (C=O) groups is 1. The third-order valence-corrected chi connectivity index (χ3v) is 3.24. The maximum Gasteiger partial charge on any atom is 0.220 e. The molecule has 0 spiro atoms. The molecule has 0 atom stereocenters. The molecule has 1 amide bonds. The van der Waals surface area contributed by atoms with Crippen LogP contribution in [0, 0.1) is 6.92 Å². The lowest BCUT2D eigenvalue weighted by molar-refractivity contribution is -0.121. The molecule has 0 bridgehead atoms. The number of benzene rings is 1. The Balaban J connectivity index is 1.69. The molecule has 0 unspecified atom stereocenters. The summed E-state index contributed by atoms with van der Waals surface area (Å²) in [5.41, 5.74) is 2.51. The predicted octanol–water partition coefficient (Wildman–Crippen LogP) is 2.55. The summed E-state index contributed by atoms with van der Waals surface area (Å²) in [6, 6.07) is 12.2. The van der Waals surface area contributed by atoms with E-state index in [4.69, 9.17) is 0 Å². The van der Waals surface area contributed by atoms with E-state index in [-0.39, 0.29) is 5.91 Å². The van der Waals surface area contributed by atoms with Crippen molar-refractivity contribution in [2.45, 2.75) is 26.3 Å². The third kappa shape index (κ3) is 4.28. The Kier molecular flexibility index (Phi) is 4.78. The van der Waals surface area contributed by atoms with Gasteiger partial charge in [-0.05, 0) is 36.6 Å². The maximum atomic E-state index is 11.7. The summed E-state index contributed by atoms with van der Waals surface area (Å²) in [5, 5.41) is 2.95. The first-order valence-corrected chi connectivity index (χ1v) is 6.67. The van der Waals surface area contributed by atoms with E-state index in [0.29, 0.717) is 13.0 Å². The Morgan fingerprint density at radius 1 is 1.16 bits per heavy atom. The Morgan fingerprint density at radius 2 is 1.89 bits per heavy atom. The molecular weight excluding hydrogens is 236 g/mol. The molecule has 0 saturated heterocycles. The first-order chi connectivity index (χ1) is 9.25. The molecule has 3 heteroatoms. The summed E-state index contributed by atoms with van der Waals surface area (Å²) in [7, 11) is 0. The molecule has 1 aromatic heterocycles. The van der Waals surface area contributed by atoms with Crippen molar-refractivity contribution in [1.29, 1.82) is 0 Å². The van der Waals surface area contributed by atoms with Gasteiger partial charge in [-0.2, -0.15) is 0 Å². The van der Waals surface area contributed by atoms with Gasteiger partial charge in [-0.1, -0.05) is 24.3 Å². The lowest BCUT2D eigenvalue weighted by Crippen LogP contribution is -2.27. The minimum absolute atomic E-state index is 0.121. The molecule has 2 rings (SSSR count). The van der Waals surface area contributed by atoms with E-state index >= 15 is 0 Å². The van der Waals surface area contributed by atoms with E-state index in [1.165, 1.54) is 11.1 Å². The van der Waals surface area contributed by atoms with Crippen molar-refractivity contribution >= 4 is 5.91 Å². The van der Waals surface area contributed by atoms with Crippen molar-refractivity contribution in [3.63, 3.8) is 0 Å². The second-order valence-corrected chi connectivity index (χ2v) is 4.70. The van der Waals surface area contributed by atoms with E-state index in [1.807, 2.05) is 36.7 Å². The van der Waals surface area contributed by atoms with Gasteiger partial charge in [0.05, 0.1) is 0 Å². The van der Waals surface area contributed by atoms with Gasteiger partial charge in [0.25, 0.3) is 0 Å². The highest BCUT2D eigenvalue weighted by atomic mass is 16.1. The van der Waals surface area contributed by atoms with Gasteiger partial charge in [0.15, 0.2) is 0 Å². The molecule has 1 N–H and O–H groups in total. The molecular formula is C16H20N2O. The van der Waals surface area contributed by atoms with Gasteiger partial charge in [-0.25, -0.2) is 0 Å². The van der Waals surface area contributed by atoms with Crippen molar-refractivity contribution in [2.75, 3.05) is 6.54 Å². The second kappa shape index (κ2) is 6.78. The highest BCUT2D eigenvalue weighted by molar-refractivity contribution is 5.76. The van der Waals surface area contributed by atoms with E-state index in [0.717, 1.165) is 13.0 Å². The fourth-order valence-electron chi connectivity index (χ4n) is 2.07. The van der Waals surface area contributed by atoms with E-state index in [2.05, 4.69) is 28.9 Å². The van der Waals surface area contributed by atoms with Gasteiger partial charge < -0.3 is 9.88 Å². The van der Waals surface area contributed by atoms with Gasteiger partial charge in [0.2, 0.25) is 5.91 Å². The summed E-state index contributed by atoms with van der Waals surface area (Å²) in [6.45, 7) is 3.59. The standard InChI is InChI=1S/C16H20N2O/c1-14-6-2-3-7-15(14)8-9-16(19)17-10-13-18-11-4-5-12-18/h2-7,11-12H,8-10,13H2,1H3,(H,17,19). The van der Waals surface area contributed by atoms with E-state index in [1.54, 1.807) is 0 Å². The molecule has 0 aliphatic heterocycles. The van der Waals surface area contributed by atoms with E-state index in [9.17, 15) is 4.79 Å². The van der Waals surface area contributed by atoms with Crippen molar-refractivity contribution in [3.05, 3.63) is 59.9 Å². The molecule has 0 aliphatic carbocycles. The number of rotatable bonds is 6. The summed E-state index contributed by atoms with van der Waals surface area (Å²) in [4.78, 5) is 11.7. The van der Waals surface area contributed by atoms with Gasteiger partial charge >= 0.3 is 0 Å². The van der Waals surface area contributed by atoms with Crippen LogP contribution in [-0.2, 0) is 17.8 Å². The molecule has 1 aromatic carbocycles. The molecule has 1 heterocycles. The highest BCUT2D eigenvalue weighted by Crippen LogP contribution is 2.09. The fourth-order valence-corrected chi connectivity index (χ4v) is 2.07. The van der Waals surface area contributed by atoms with Gasteiger partial charge in [-0.15, -0.1) is 0 Å².